The molecule has 0 atom stereocenters. The first-order chi connectivity index (χ1) is 10.8. The van der Waals surface area contributed by atoms with Crippen LogP contribution in [0.25, 0.3) is 0 Å². The highest BCUT2D eigenvalue weighted by molar-refractivity contribution is 7.80. The van der Waals surface area contributed by atoms with Crippen LogP contribution in [0.4, 0.5) is 5.69 Å². The molecule has 112 valence electrons. The molecule has 0 radical (unpaired) electrons. The molecule has 0 aliphatic rings. The van der Waals surface area contributed by atoms with Crippen molar-refractivity contribution in [1.29, 1.82) is 0 Å². The molecule has 0 spiro atoms. The zero-order chi connectivity index (χ0) is 15.6. The van der Waals surface area contributed by atoms with Crippen LogP contribution in [0.2, 0.25) is 0 Å². The molecule has 0 saturated carbocycles. The van der Waals surface area contributed by atoms with E-state index in [-0.39, 0.29) is 0 Å². The van der Waals surface area contributed by atoms with E-state index in [1.165, 1.54) is 0 Å². The van der Waals surface area contributed by atoms with Crippen LogP contribution in [-0.2, 0) is 0 Å². The summed E-state index contributed by atoms with van der Waals surface area (Å²) in [5.41, 5.74) is 4.63. The zero-order valence-electron chi connectivity index (χ0n) is 12.0. The second kappa shape index (κ2) is 8.59. The molecule has 0 aliphatic carbocycles. The van der Waals surface area contributed by atoms with Gasteiger partial charge in [-0.25, -0.2) is 0 Å². The topological polar surface area (TPSA) is 45.6 Å². The van der Waals surface area contributed by atoms with Gasteiger partial charge in [-0.3, -0.25) is 5.43 Å². The van der Waals surface area contributed by atoms with Crippen LogP contribution < -0.4 is 15.5 Å². The van der Waals surface area contributed by atoms with Crippen molar-refractivity contribution in [2.45, 2.75) is 0 Å². The summed E-state index contributed by atoms with van der Waals surface area (Å²) in [4.78, 5) is 0. The number of para-hydroxylation sites is 1. The lowest BCUT2D eigenvalue weighted by Crippen LogP contribution is -2.23. The highest BCUT2D eigenvalue weighted by atomic mass is 32.1. The Bertz CT molecular complexity index is 639. The summed E-state index contributed by atoms with van der Waals surface area (Å²) >= 11 is 5.15. The van der Waals surface area contributed by atoms with E-state index in [2.05, 4.69) is 22.4 Å². The lowest BCUT2D eigenvalue weighted by Gasteiger charge is -2.06. The van der Waals surface area contributed by atoms with Gasteiger partial charge in [0.25, 0.3) is 0 Å². The van der Waals surface area contributed by atoms with E-state index in [1.807, 2.05) is 54.6 Å². The highest BCUT2D eigenvalue weighted by Crippen LogP contribution is 2.10. The number of nitrogens with one attached hydrogen (secondary N) is 2. The second-order valence-corrected chi connectivity index (χ2v) is 4.77. The summed E-state index contributed by atoms with van der Waals surface area (Å²) in [6, 6.07) is 17.3. The Morgan fingerprint density at radius 3 is 2.55 bits per heavy atom. The van der Waals surface area contributed by atoms with Crippen molar-refractivity contribution in [2.24, 2.45) is 5.10 Å². The Labute approximate surface area is 135 Å². The third-order valence-corrected chi connectivity index (χ3v) is 2.85. The molecule has 2 N–H and O–H groups in total. The van der Waals surface area contributed by atoms with Crippen LogP contribution in [-0.4, -0.2) is 17.9 Å². The van der Waals surface area contributed by atoms with Gasteiger partial charge in [0.05, 0.1) is 6.21 Å². The van der Waals surface area contributed by atoms with Gasteiger partial charge in [-0.05, 0) is 54.2 Å². The van der Waals surface area contributed by atoms with E-state index < -0.39 is 0 Å². The third kappa shape index (κ3) is 5.38. The molecule has 0 bridgehead atoms. The van der Waals surface area contributed by atoms with E-state index in [4.69, 9.17) is 17.0 Å². The largest absolute Gasteiger partial charge is 0.490 e. The number of rotatable bonds is 6. The van der Waals surface area contributed by atoms with Gasteiger partial charge >= 0.3 is 0 Å². The van der Waals surface area contributed by atoms with Crippen molar-refractivity contribution in [3.63, 3.8) is 0 Å². The van der Waals surface area contributed by atoms with Crippen molar-refractivity contribution < 1.29 is 4.74 Å². The zero-order valence-corrected chi connectivity index (χ0v) is 12.8. The van der Waals surface area contributed by atoms with Crippen molar-refractivity contribution >= 4 is 29.2 Å². The molecule has 2 rings (SSSR count). The highest BCUT2D eigenvalue weighted by Gasteiger charge is 1.95. The molecular formula is C17H17N3OS. The number of hydrazone groups is 1. The average molecular weight is 311 g/mol. The normalized spacial score (nSPS) is 10.2. The number of hydrogen-bond donors (Lipinski definition) is 2. The van der Waals surface area contributed by atoms with Gasteiger partial charge in [-0.2, -0.15) is 5.10 Å². The fourth-order valence-corrected chi connectivity index (χ4v) is 1.82. The molecule has 0 saturated heterocycles. The summed E-state index contributed by atoms with van der Waals surface area (Å²) in [6.07, 6.45) is 3.40. The molecule has 0 unspecified atom stereocenters. The van der Waals surface area contributed by atoms with Crippen molar-refractivity contribution in [3.05, 3.63) is 72.8 Å². The molecule has 0 aromatic heterocycles. The van der Waals surface area contributed by atoms with E-state index in [0.717, 1.165) is 17.0 Å². The first-order valence-corrected chi connectivity index (χ1v) is 7.17. The molecule has 0 fully saturated rings. The number of thiocarbonyl (C=S) groups is 1. The molecule has 4 nitrogen and oxygen atoms in total. The smallest absolute Gasteiger partial charge is 0.191 e. The molecule has 0 heterocycles. The van der Waals surface area contributed by atoms with Gasteiger partial charge in [0.15, 0.2) is 5.11 Å². The molecular weight excluding hydrogens is 294 g/mol. The Morgan fingerprint density at radius 2 is 1.86 bits per heavy atom. The molecule has 0 aliphatic heterocycles. The van der Waals surface area contributed by atoms with Gasteiger partial charge in [-0.1, -0.05) is 30.9 Å². The Hall–Kier alpha value is -2.66. The van der Waals surface area contributed by atoms with Crippen LogP contribution in [0.5, 0.6) is 5.75 Å². The summed E-state index contributed by atoms with van der Waals surface area (Å²) < 4.78 is 5.41. The van der Waals surface area contributed by atoms with Crippen LogP contribution >= 0.6 is 12.2 Å². The van der Waals surface area contributed by atoms with E-state index in [1.54, 1.807) is 12.3 Å². The van der Waals surface area contributed by atoms with Gasteiger partial charge in [0.2, 0.25) is 0 Å². The van der Waals surface area contributed by atoms with Crippen molar-refractivity contribution in [1.82, 2.24) is 5.43 Å². The lowest BCUT2D eigenvalue weighted by atomic mass is 10.2. The van der Waals surface area contributed by atoms with Gasteiger partial charge < -0.3 is 10.1 Å². The number of ether oxygens (including phenoxy) is 1. The van der Waals surface area contributed by atoms with E-state index >= 15 is 0 Å². The quantitative estimate of drug-likeness (QED) is 0.370. The van der Waals surface area contributed by atoms with Crippen LogP contribution in [0.1, 0.15) is 5.56 Å². The average Bonchev–Trinajstić information content (AvgIpc) is 2.55. The van der Waals surface area contributed by atoms with Crippen LogP contribution in [0, 0.1) is 0 Å². The monoisotopic (exact) mass is 311 g/mol. The second-order valence-electron chi connectivity index (χ2n) is 4.36. The summed E-state index contributed by atoms with van der Waals surface area (Å²) in [6.45, 7) is 4.10. The van der Waals surface area contributed by atoms with Crippen LogP contribution in [0.15, 0.2) is 72.4 Å². The van der Waals surface area contributed by atoms with E-state index in [9.17, 15) is 0 Å². The van der Waals surface area contributed by atoms with E-state index in [0.29, 0.717) is 11.7 Å². The Balaban J connectivity index is 1.81. The number of benzene rings is 2. The molecule has 2 aromatic rings. The van der Waals surface area contributed by atoms with Gasteiger partial charge in [0, 0.05) is 5.69 Å². The minimum atomic E-state index is 0.438. The maximum Gasteiger partial charge on any atom is 0.191 e. The predicted octanol–water partition coefficient (Wildman–Crippen LogP) is 3.57. The predicted molar refractivity (Wildman–Crippen MR) is 95.5 cm³/mol. The van der Waals surface area contributed by atoms with Crippen molar-refractivity contribution in [2.75, 3.05) is 11.9 Å². The van der Waals surface area contributed by atoms with Crippen LogP contribution in [0.3, 0.4) is 0 Å². The molecule has 0 amide bonds. The summed E-state index contributed by atoms with van der Waals surface area (Å²) in [5, 5.41) is 7.57. The fraction of sp³-hybridized carbons (Fsp3) is 0.0588. The fourth-order valence-electron chi connectivity index (χ4n) is 1.65. The minimum absolute atomic E-state index is 0.438. The SMILES string of the molecule is C=CCOc1ccc(/C=N\NC(=S)Nc2ccccc2)cc1. The lowest BCUT2D eigenvalue weighted by molar-refractivity contribution is 0.363. The Morgan fingerprint density at radius 1 is 1.14 bits per heavy atom. The number of nitrogens with zero attached hydrogens (tertiary/aromatic N) is 1. The maximum absolute atomic E-state index is 5.41. The first kappa shape index (κ1) is 15.7. The molecule has 5 heteroatoms. The maximum atomic E-state index is 5.41. The van der Waals surface area contributed by atoms with Gasteiger partial charge in [0.1, 0.15) is 12.4 Å². The Kier molecular flexibility index (Phi) is 6.14. The molecule has 22 heavy (non-hydrogen) atoms. The standard InChI is InChI=1S/C17H17N3OS/c1-2-12-21-16-10-8-14(9-11-16)13-18-20-17(22)19-15-6-4-3-5-7-15/h2-11,13H,1,12H2,(H2,19,20,22)/b18-13-. The van der Waals surface area contributed by atoms with Gasteiger partial charge in [-0.15, -0.1) is 0 Å². The molecule has 2 aromatic carbocycles. The number of hydrogen-bond acceptors (Lipinski definition) is 3. The first-order valence-electron chi connectivity index (χ1n) is 6.77. The summed E-state index contributed by atoms with van der Waals surface area (Å²) in [7, 11) is 0. The summed E-state index contributed by atoms with van der Waals surface area (Å²) in [5.74, 6) is 0.797. The number of anilines is 1. The third-order valence-electron chi connectivity index (χ3n) is 2.66. The van der Waals surface area contributed by atoms with Crippen molar-refractivity contribution in [3.8, 4) is 5.75 Å². The minimum Gasteiger partial charge on any atom is -0.490 e.